The Bertz CT molecular complexity index is 560. The van der Waals surface area contributed by atoms with Gasteiger partial charge in [0.15, 0.2) is 0 Å². The third kappa shape index (κ3) is 3.45. The summed E-state index contributed by atoms with van der Waals surface area (Å²) in [5, 5.41) is 11.8. The summed E-state index contributed by atoms with van der Waals surface area (Å²) < 4.78 is 6.14. The normalized spacial score (nSPS) is 15.8. The Morgan fingerprint density at radius 2 is 2.05 bits per heavy atom. The number of carboxylic acids is 1. The minimum Gasteiger partial charge on any atom is -0.477 e. The molecule has 1 fully saturated rings. The van der Waals surface area contributed by atoms with Crippen LogP contribution < -0.4 is 10.9 Å². The van der Waals surface area contributed by atoms with E-state index in [1.807, 2.05) is 0 Å². The zero-order valence-corrected chi connectivity index (χ0v) is 10.9. The summed E-state index contributed by atoms with van der Waals surface area (Å²) in [6.45, 7) is 0.895. The highest BCUT2D eigenvalue weighted by molar-refractivity contribution is 5.86. The number of carbonyl (C=O) groups excluding carboxylic acids is 1. The first kappa shape index (κ1) is 14.3. The van der Waals surface area contributed by atoms with Gasteiger partial charge in [-0.25, -0.2) is 4.79 Å². The number of carbonyl (C=O) groups is 2. The molecule has 0 radical (unpaired) electrons. The Labute approximate surface area is 115 Å². The number of hydrogen-bond acceptors (Lipinski definition) is 4. The number of nitrogens with zero attached hydrogens (tertiary/aromatic N) is 1. The molecule has 0 aromatic carbocycles. The third-order valence-corrected chi connectivity index (χ3v) is 3.16. The van der Waals surface area contributed by atoms with Crippen molar-refractivity contribution in [2.45, 2.75) is 25.4 Å². The van der Waals surface area contributed by atoms with E-state index in [0.717, 1.165) is 17.4 Å². The zero-order chi connectivity index (χ0) is 14.5. The van der Waals surface area contributed by atoms with E-state index in [0.29, 0.717) is 13.2 Å². The number of aromatic carboxylic acids is 1. The van der Waals surface area contributed by atoms with Crippen LogP contribution in [-0.4, -0.2) is 40.8 Å². The highest BCUT2D eigenvalue weighted by Gasteiger charge is 2.18. The minimum absolute atomic E-state index is 0.0175. The Morgan fingerprint density at radius 3 is 2.70 bits per heavy atom. The molecule has 0 bridgehead atoms. The van der Waals surface area contributed by atoms with Crippen molar-refractivity contribution < 1.29 is 19.4 Å². The summed E-state index contributed by atoms with van der Waals surface area (Å²) in [5.41, 5.74) is -0.702. The van der Waals surface area contributed by atoms with Crippen LogP contribution in [-0.2, 0) is 16.1 Å². The van der Waals surface area contributed by atoms with E-state index < -0.39 is 11.5 Å². The van der Waals surface area contributed by atoms with Crippen molar-refractivity contribution in [3.05, 3.63) is 34.2 Å². The summed E-state index contributed by atoms with van der Waals surface area (Å²) in [4.78, 5) is 34.6. The number of pyridine rings is 1. The molecule has 0 atom stereocenters. The molecule has 1 aliphatic rings. The fourth-order valence-electron chi connectivity index (χ4n) is 2.13. The molecule has 2 N–H and O–H groups in total. The van der Waals surface area contributed by atoms with Crippen molar-refractivity contribution in [3.63, 3.8) is 0 Å². The van der Waals surface area contributed by atoms with E-state index in [-0.39, 0.29) is 24.2 Å². The Balaban J connectivity index is 2.07. The molecule has 1 aromatic rings. The molecule has 108 valence electrons. The second-order valence-electron chi connectivity index (χ2n) is 4.59. The van der Waals surface area contributed by atoms with Crippen molar-refractivity contribution in [2.24, 2.45) is 0 Å². The second-order valence-corrected chi connectivity index (χ2v) is 4.59. The molecule has 20 heavy (non-hydrogen) atoms. The number of hydrogen-bond donors (Lipinski definition) is 2. The first-order valence-electron chi connectivity index (χ1n) is 6.38. The van der Waals surface area contributed by atoms with Crippen LogP contribution in [0, 0.1) is 0 Å². The summed E-state index contributed by atoms with van der Waals surface area (Å²) in [6.07, 6.45) is 1.45. The number of aromatic nitrogens is 1. The van der Waals surface area contributed by atoms with E-state index in [1.54, 1.807) is 0 Å². The van der Waals surface area contributed by atoms with Crippen molar-refractivity contribution in [1.82, 2.24) is 9.88 Å². The van der Waals surface area contributed by atoms with E-state index in [9.17, 15) is 14.4 Å². The smallest absolute Gasteiger partial charge is 0.352 e. The van der Waals surface area contributed by atoms with Crippen LogP contribution in [0.2, 0.25) is 0 Å². The maximum absolute atomic E-state index is 11.9. The van der Waals surface area contributed by atoms with Gasteiger partial charge in [-0.2, -0.15) is 0 Å². The van der Waals surface area contributed by atoms with Gasteiger partial charge in [0, 0.05) is 25.3 Å². The monoisotopic (exact) mass is 280 g/mol. The summed E-state index contributed by atoms with van der Waals surface area (Å²) in [7, 11) is 0. The third-order valence-electron chi connectivity index (χ3n) is 3.16. The average molecular weight is 280 g/mol. The fourth-order valence-corrected chi connectivity index (χ4v) is 2.13. The lowest BCUT2D eigenvalue weighted by Crippen LogP contribution is -2.42. The molecule has 1 aliphatic heterocycles. The molecule has 7 nitrogen and oxygen atoms in total. The molecule has 2 rings (SSSR count). The average Bonchev–Trinajstić information content (AvgIpc) is 2.42. The van der Waals surface area contributed by atoms with Gasteiger partial charge in [-0.1, -0.05) is 6.07 Å². The predicted molar refractivity (Wildman–Crippen MR) is 69.6 cm³/mol. The first-order chi connectivity index (χ1) is 9.58. The summed E-state index contributed by atoms with van der Waals surface area (Å²) in [6, 6.07) is 3.90. The van der Waals surface area contributed by atoms with Gasteiger partial charge < -0.3 is 15.2 Å². The lowest BCUT2D eigenvalue weighted by Gasteiger charge is -2.23. The van der Waals surface area contributed by atoms with Gasteiger partial charge >= 0.3 is 5.97 Å². The maximum atomic E-state index is 11.9. The lowest BCUT2D eigenvalue weighted by molar-refractivity contribution is -0.123. The molecule has 0 aliphatic carbocycles. The van der Waals surface area contributed by atoms with Crippen LogP contribution in [0.3, 0.4) is 0 Å². The van der Waals surface area contributed by atoms with Crippen LogP contribution in [0.15, 0.2) is 23.0 Å². The molecule has 1 amide bonds. The predicted octanol–water partition coefficient (Wildman–Crippen LogP) is -0.158. The van der Waals surface area contributed by atoms with Crippen LogP contribution >= 0.6 is 0 Å². The number of amides is 1. The zero-order valence-electron chi connectivity index (χ0n) is 10.9. The van der Waals surface area contributed by atoms with Gasteiger partial charge in [-0.15, -0.1) is 0 Å². The number of nitrogens with one attached hydrogen (secondary N) is 1. The summed E-state index contributed by atoms with van der Waals surface area (Å²) >= 11 is 0. The maximum Gasteiger partial charge on any atom is 0.352 e. The van der Waals surface area contributed by atoms with E-state index >= 15 is 0 Å². The minimum atomic E-state index is -1.23. The first-order valence-corrected chi connectivity index (χ1v) is 6.38. The molecule has 2 heterocycles. The van der Waals surface area contributed by atoms with Gasteiger partial charge in [0.05, 0.1) is 0 Å². The molecule has 0 unspecified atom stereocenters. The van der Waals surface area contributed by atoms with Gasteiger partial charge in [0.25, 0.3) is 5.56 Å². The Morgan fingerprint density at radius 1 is 1.35 bits per heavy atom. The topological polar surface area (TPSA) is 97.6 Å². The molecule has 0 spiro atoms. The number of ether oxygens (including phenoxy) is 1. The SMILES string of the molecule is O=C(Cn1c(C(=O)O)cccc1=O)NC1CCOCC1. The van der Waals surface area contributed by atoms with Crippen molar-refractivity contribution in [1.29, 1.82) is 0 Å². The van der Waals surface area contributed by atoms with Crippen LogP contribution in [0.25, 0.3) is 0 Å². The van der Waals surface area contributed by atoms with Crippen LogP contribution in [0.1, 0.15) is 23.3 Å². The van der Waals surface area contributed by atoms with Gasteiger partial charge in [-0.05, 0) is 18.9 Å². The molecule has 1 aromatic heterocycles. The Kier molecular flexibility index (Phi) is 4.52. The lowest BCUT2D eigenvalue weighted by atomic mass is 10.1. The van der Waals surface area contributed by atoms with Crippen molar-refractivity contribution in [3.8, 4) is 0 Å². The molecule has 7 heteroatoms. The molecule has 0 saturated carbocycles. The van der Waals surface area contributed by atoms with E-state index in [4.69, 9.17) is 9.84 Å². The molecular formula is C13H16N2O5. The quantitative estimate of drug-likeness (QED) is 0.798. The molecule has 1 saturated heterocycles. The van der Waals surface area contributed by atoms with Crippen LogP contribution in [0.5, 0.6) is 0 Å². The Hall–Kier alpha value is -2.15. The van der Waals surface area contributed by atoms with E-state index in [1.165, 1.54) is 18.2 Å². The molecular weight excluding hydrogens is 264 g/mol. The van der Waals surface area contributed by atoms with Crippen LogP contribution in [0.4, 0.5) is 0 Å². The van der Waals surface area contributed by atoms with Gasteiger partial charge in [-0.3, -0.25) is 14.2 Å². The second kappa shape index (κ2) is 6.33. The highest BCUT2D eigenvalue weighted by atomic mass is 16.5. The van der Waals surface area contributed by atoms with Gasteiger partial charge in [0.1, 0.15) is 12.2 Å². The standard InChI is InChI=1S/C13H16N2O5/c16-11(14-9-4-6-20-7-5-9)8-15-10(13(18)19)2-1-3-12(15)17/h1-3,9H,4-8H2,(H,14,16)(H,18,19). The number of rotatable bonds is 4. The van der Waals surface area contributed by atoms with E-state index in [2.05, 4.69) is 5.32 Å². The van der Waals surface area contributed by atoms with Crippen molar-refractivity contribution >= 4 is 11.9 Å². The fraction of sp³-hybridized carbons (Fsp3) is 0.462. The summed E-state index contributed by atoms with van der Waals surface area (Å²) in [5.74, 6) is -1.60. The van der Waals surface area contributed by atoms with Crippen molar-refractivity contribution in [2.75, 3.05) is 13.2 Å². The van der Waals surface area contributed by atoms with Gasteiger partial charge in [0.2, 0.25) is 5.91 Å². The largest absolute Gasteiger partial charge is 0.477 e. The number of carboxylic acid groups (broad SMARTS) is 1. The highest BCUT2D eigenvalue weighted by Crippen LogP contribution is 2.06.